The van der Waals surface area contributed by atoms with Gasteiger partial charge in [0.15, 0.2) is 18.1 Å². The molecule has 0 aliphatic rings. The van der Waals surface area contributed by atoms with E-state index in [0.717, 1.165) is 5.56 Å². The lowest BCUT2D eigenvalue weighted by molar-refractivity contribution is -0.123. The van der Waals surface area contributed by atoms with E-state index in [1.54, 1.807) is 24.3 Å². The number of carbonyl (C=O) groups is 2. The van der Waals surface area contributed by atoms with Crippen LogP contribution in [0.15, 0.2) is 42.5 Å². The summed E-state index contributed by atoms with van der Waals surface area (Å²) in [5.41, 5.74) is 1.24. The molecule has 0 spiro atoms. The molecule has 6 nitrogen and oxygen atoms in total. The van der Waals surface area contributed by atoms with E-state index in [9.17, 15) is 9.59 Å². The summed E-state index contributed by atoms with van der Waals surface area (Å²) in [5, 5.41) is 6.15. The molecule has 0 fully saturated rings. The molecule has 2 aromatic carbocycles. The van der Waals surface area contributed by atoms with Crippen LogP contribution in [0.1, 0.15) is 29.8 Å². The Hall–Kier alpha value is -2.73. The van der Waals surface area contributed by atoms with Crippen LogP contribution in [0.3, 0.4) is 0 Å². The first-order valence-corrected chi connectivity index (χ1v) is 8.90. The average Bonchev–Trinajstić information content (AvgIpc) is 2.64. The topological polar surface area (TPSA) is 76.7 Å². The van der Waals surface area contributed by atoms with Crippen molar-refractivity contribution >= 4 is 23.4 Å². The van der Waals surface area contributed by atoms with Crippen molar-refractivity contribution < 1.29 is 19.1 Å². The zero-order chi connectivity index (χ0) is 19.8. The van der Waals surface area contributed by atoms with Crippen molar-refractivity contribution in [2.24, 2.45) is 0 Å². The summed E-state index contributed by atoms with van der Waals surface area (Å²) in [5.74, 6) is 0.266. The zero-order valence-electron chi connectivity index (χ0n) is 15.5. The van der Waals surface area contributed by atoms with Crippen molar-refractivity contribution in [3.63, 3.8) is 0 Å². The molecule has 0 saturated carbocycles. The zero-order valence-corrected chi connectivity index (χ0v) is 16.3. The minimum atomic E-state index is -0.266. The van der Waals surface area contributed by atoms with Gasteiger partial charge in [0.05, 0.1) is 7.11 Å². The number of methoxy groups -OCH3 is 1. The fourth-order valence-electron chi connectivity index (χ4n) is 2.35. The molecule has 2 rings (SSSR count). The van der Waals surface area contributed by atoms with E-state index in [1.165, 1.54) is 7.11 Å². The number of hydrogen-bond donors (Lipinski definition) is 2. The molecule has 0 unspecified atom stereocenters. The van der Waals surface area contributed by atoms with E-state index >= 15 is 0 Å². The number of ether oxygens (including phenoxy) is 2. The summed E-state index contributed by atoms with van der Waals surface area (Å²) in [7, 11) is 1.47. The van der Waals surface area contributed by atoms with Gasteiger partial charge in [0, 0.05) is 23.2 Å². The highest BCUT2D eigenvalue weighted by atomic mass is 35.5. The van der Waals surface area contributed by atoms with Gasteiger partial charge in [-0.2, -0.15) is 0 Å². The predicted octanol–water partition coefficient (Wildman–Crippen LogP) is 3.18. The second-order valence-electron chi connectivity index (χ2n) is 6.15. The number of benzene rings is 2. The third-order valence-corrected chi connectivity index (χ3v) is 4.00. The second kappa shape index (κ2) is 9.83. The quantitative estimate of drug-likeness (QED) is 0.725. The molecule has 0 aliphatic carbocycles. The first kappa shape index (κ1) is 20.6. The molecule has 0 aromatic heterocycles. The van der Waals surface area contributed by atoms with E-state index in [-0.39, 0.29) is 24.5 Å². The number of amides is 2. The van der Waals surface area contributed by atoms with Gasteiger partial charge in [0.1, 0.15) is 0 Å². The van der Waals surface area contributed by atoms with Crippen LogP contribution in [0.25, 0.3) is 0 Å². The number of carbonyl (C=O) groups excluding carboxylic acids is 2. The minimum Gasteiger partial charge on any atom is -0.493 e. The average molecular weight is 391 g/mol. The van der Waals surface area contributed by atoms with Crippen LogP contribution < -0.4 is 20.1 Å². The Morgan fingerprint density at radius 1 is 1.11 bits per heavy atom. The van der Waals surface area contributed by atoms with Crippen LogP contribution in [0, 0.1) is 0 Å². The maximum atomic E-state index is 12.4. The van der Waals surface area contributed by atoms with Crippen molar-refractivity contribution in [3.8, 4) is 11.5 Å². The summed E-state index contributed by atoms with van der Waals surface area (Å²) < 4.78 is 10.8. The summed E-state index contributed by atoms with van der Waals surface area (Å²) in [6.45, 7) is 3.92. The van der Waals surface area contributed by atoms with Gasteiger partial charge in [-0.1, -0.05) is 29.8 Å². The molecule has 0 atom stereocenters. The molecule has 0 aliphatic heterocycles. The molecule has 0 radical (unpaired) electrons. The Morgan fingerprint density at radius 3 is 2.52 bits per heavy atom. The highest BCUT2D eigenvalue weighted by Gasteiger charge is 2.13. The van der Waals surface area contributed by atoms with Crippen LogP contribution in [-0.4, -0.2) is 31.6 Å². The monoisotopic (exact) mass is 390 g/mol. The lowest BCUT2D eigenvalue weighted by atomic mass is 10.1. The highest BCUT2D eigenvalue weighted by molar-refractivity contribution is 6.31. The van der Waals surface area contributed by atoms with Crippen molar-refractivity contribution in [1.29, 1.82) is 0 Å². The molecule has 7 heteroatoms. The number of halogens is 1. The number of rotatable bonds is 8. The summed E-state index contributed by atoms with van der Waals surface area (Å²) in [6, 6.07) is 12.1. The number of hydrogen-bond acceptors (Lipinski definition) is 4. The molecule has 0 heterocycles. The fourth-order valence-corrected chi connectivity index (χ4v) is 2.56. The van der Waals surface area contributed by atoms with Crippen molar-refractivity contribution in [1.82, 2.24) is 10.6 Å². The molecule has 0 saturated heterocycles. The van der Waals surface area contributed by atoms with Gasteiger partial charge < -0.3 is 20.1 Å². The van der Waals surface area contributed by atoms with Crippen LogP contribution >= 0.6 is 11.6 Å². The Morgan fingerprint density at radius 2 is 1.85 bits per heavy atom. The highest BCUT2D eigenvalue weighted by Crippen LogP contribution is 2.28. The van der Waals surface area contributed by atoms with Gasteiger partial charge in [0.25, 0.3) is 11.8 Å². The molecule has 27 heavy (non-hydrogen) atoms. The standard InChI is InChI=1S/C20H23ClN2O4/c1-13(2)23-19(24)12-27-17-9-8-14(10-18(17)26-3)20(25)22-11-15-6-4-5-7-16(15)21/h4-10,13H,11-12H2,1-3H3,(H,22,25)(H,23,24). The Labute approximate surface area is 163 Å². The third-order valence-electron chi connectivity index (χ3n) is 3.63. The lowest BCUT2D eigenvalue weighted by Crippen LogP contribution is -2.34. The van der Waals surface area contributed by atoms with Crippen molar-refractivity contribution in [2.45, 2.75) is 26.4 Å². The lowest BCUT2D eigenvalue weighted by Gasteiger charge is -2.13. The molecule has 0 bridgehead atoms. The SMILES string of the molecule is COc1cc(C(=O)NCc2ccccc2Cl)ccc1OCC(=O)NC(C)C. The van der Waals surface area contributed by atoms with Crippen LogP contribution in [0.5, 0.6) is 11.5 Å². The van der Waals surface area contributed by atoms with E-state index in [1.807, 2.05) is 32.0 Å². The molecule has 144 valence electrons. The largest absolute Gasteiger partial charge is 0.493 e. The van der Waals surface area contributed by atoms with Gasteiger partial charge in [-0.25, -0.2) is 0 Å². The van der Waals surface area contributed by atoms with E-state index in [4.69, 9.17) is 21.1 Å². The fraction of sp³-hybridized carbons (Fsp3) is 0.300. The summed E-state index contributed by atoms with van der Waals surface area (Å²) in [6.07, 6.45) is 0. The number of nitrogens with one attached hydrogen (secondary N) is 2. The predicted molar refractivity (Wildman–Crippen MR) is 104 cm³/mol. The molecule has 2 aromatic rings. The normalized spacial score (nSPS) is 10.4. The Balaban J connectivity index is 2.00. The van der Waals surface area contributed by atoms with Crippen LogP contribution in [0.4, 0.5) is 0 Å². The van der Waals surface area contributed by atoms with Gasteiger partial charge in [-0.15, -0.1) is 0 Å². The first-order chi connectivity index (χ1) is 12.9. The molecular formula is C20H23ClN2O4. The van der Waals surface area contributed by atoms with E-state index in [0.29, 0.717) is 28.6 Å². The maximum absolute atomic E-state index is 12.4. The van der Waals surface area contributed by atoms with Crippen LogP contribution in [-0.2, 0) is 11.3 Å². The third kappa shape index (κ3) is 6.18. The molecule has 2 amide bonds. The van der Waals surface area contributed by atoms with E-state index in [2.05, 4.69) is 10.6 Å². The van der Waals surface area contributed by atoms with Crippen molar-refractivity contribution in [2.75, 3.05) is 13.7 Å². The Kier molecular flexibility index (Phi) is 7.49. The van der Waals surface area contributed by atoms with Gasteiger partial charge in [-0.3, -0.25) is 9.59 Å². The van der Waals surface area contributed by atoms with Crippen molar-refractivity contribution in [3.05, 3.63) is 58.6 Å². The van der Waals surface area contributed by atoms with E-state index < -0.39 is 0 Å². The Bertz CT molecular complexity index is 808. The summed E-state index contributed by atoms with van der Waals surface area (Å²) >= 11 is 6.09. The minimum absolute atomic E-state index is 0.0344. The molecular weight excluding hydrogens is 368 g/mol. The second-order valence-corrected chi connectivity index (χ2v) is 6.56. The molecule has 2 N–H and O–H groups in total. The van der Waals surface area contributed by atoms with Crippen LogP contribution in [0.2, 0.25) is 5.02 Å². The van der Waals surface area contributed by atoms with Gasteiger partial charge in [-0.05, 0) is 43.7 Å². The van der Waals surface area contributed by atoms with Gasteiger partial charge >= 0.3 is 0 Å². The smallest absolute Gasteiger partial charge is 0.258 e. The first-order valence-electron chi connectivity index (χ1n) is 8.52. The summed E-state index contributed by atoms with van der Waals surface area (Å²) in [4.78, 5) is 24.1. The van der Waals surface area contributed by atoms with Gasteiger partial charge in [0.2, 0.25) is 0 Å². The maximum Gasteiger partial charge on any atom is 0.258 e.